The van der Waals surface area contributed by atoms with E-state index >= 15 is 0 Å². The van der Waals surface area contributed by atoms with E-state index in [2.05, 4.69) is 57.3 Å². The predicted molar refractivity (Wildman–Crippen MR) is 83.3 cm³/mol. The Morgan fingerprint density at radius 3 is 2.37 bits per heavy atom. The molecule has 1 aromatic carbocycles. The van der Waals surface area contributed by atoms with E-state index in [1.54, 1.807) is 5.56 Å². The Morgan fingerprint density at radius 1 is 1.11 bits per heavy atom. The summed E-state index contributed by atoms with van der Waals surface area (Å²) in [7, 11) is 0. The Hall–Kier alpha value is -0.820. The standard InChI is InChI=1S/C18H29N/c1-13(2)18(14(3)4)12-19-11-15-6-5-7-17(10-15)16-8-9-16/h5-7,10,13-14,16,18-19H,8-9,11-12H2,1-4H3. The fraction of sp³-hybridized carbons (Fsp3) is 0.667. The van der Waals surface area contributed by atoms with Crippen molar-refractivity contribution < 1.29 is 0 Å². The van der Waals surface area contributed by atoms with E-state index < -0.39 is 0 Å². The van der Waals surface area contributed by atoms with Crippen molar-refractivity contribution in [2.45, 2.75) is 53.0 Å². The van der Waals surface area contributed by atoms with Crippen LogP contribution in [0.15, 0.2) is 24.3 Å². The first kappa shape index (κ1) is 14.6. The molecule has 0 spiro atoms. The summed E-state index contributed by atoms with van der Waals surface area (Å²) < 4.78 is 0. The van der Waals surface area contributed by atoms with Crippen LogP contribution in [0.3, 0.4) is 0 Å². The lowest BCUT2D eigenvalue weighted by Crippen LogP contribution is -2.29. The molecule has 0 unspecified atom stereocenters. The van der Waals surface area contributed by atoms with Crippen LogP contribution in [-0.4, -0.2) is 6.54 Å². The minimum Gasteiger partial charge on any atom is -0.312 e. The summed E-state index contributed by atoms with van der Waals surface area (Å²) in [5, 5.41) is 3.65. The zero-order valence-electron chi connectivity index (χ0n) is 12.9. The normalized spacial score (nSPS) is 15.7. The van der Waals surface area contributed by atoms with Crippen LogP contribution in [0.2, 0.25) is 0 Å². The van der Waals surface area contributed by atoms with Gasteiger partial charge in [0.2, 0.25) is 0 Å². The number of benzene rings is 1. The number of rotatable bonds is 7. The third-order valence-electron chi connectivity index (χ3n) is 4.42. The molecule has 0 bridgehead atoms. The lowest BCUT2D eigenvalue weighted by atomic mass is 9.85. The van der Waals surface area contributed by atoms with Gasteiger partial charge >= 0.3 is 0 Å². The first-order valence-electron chi connectivity index (χ1n) is 7.87. The molecule has 1 saturated carbocycles. The fourth-order valence-corrected chi connectivity index (χ4v) is 3.00. The van der Waals surface area contributed by atoms with Gasteiger partial charge in [-0.2, -0.15) is 0 Å². The third kappa shape index (κ3) is 4.35. The van der Waals surface area contributed by atoms with Gasteiger partial charge in [0.05, 0.1) is 0 Å². The van der Waals surface area contributed by atoms with Crippen molar-refractivity contribution >= 4 is 0 Å². The average molecular weight is 259 g/mol. The Bertz CT molecular complexity index is 382. The Labute approximate surface area is 118 Å². The summed E-state index contributed by atoms with van der Waals surface area (Å²) in [6.45, 7) is 11.5. The van der Waals surface area contributed by atoms with Crippen molar-refractivity contribution in [3.63, 3.8) is 0 Å². The van der Waals surface area contributed by atoms with Crippen molar-refractivity contribution in [1.82, 2.24) is 5.32 Å². The van der Waals surface area contributed by atoms with Gasteiger partial charge in [0, 0.05) is 6.54 Å². The Kier molecular flexibility index (Phi) is 5.04. The molecule has 0 aromatic heterocycles. The summed E-state index contributed by atoms with van der Waals surface area (Å²) in [5.41, 5.74) is 2.99. The van der Waals surface area contributed by atoms with Gasteiger partial charge in [-0.3, -0.25) is 0 Å². The summed E-state index contributed by atoms with van der Waals surface area (Å²) >= 11 is 0. The smallest absolute Gasteiger partial charge is 0.0205 e. The monoisotopic (exact) mass is 259 g/mol. The van der Waals surface area contributed by atoms with Gasteiger partial charge in [0.25, 0.3) is 0 Å². The molecule has 0 saturated heterocycles. The molecule has 2 rings (SSSR count). The van der Waals surface area contributed by atoms with Gasteiger partial charge in [-0.15, -0.1) is 0 Å². The van der Waals surface area contributed by atoms with E-state index in [4.69, 9.17) is 0 Å². The SMILES string of the molecule is CC(C)C(CNCc1cccc(C2CC2)c1)C(C)C. The predicted octanol–water partition coefficient (Wildman–Crippen LogP) is 4.58. The summed E-state index contributed by atoms with van der Waals surface area (Å²) in [4.78, 5) is 0. The van der Waals surface area contributed by atoms with Crippen molar-refractivity contribution in [1.29, 1.82) is 0 Å². The van der Waals surface area contributed by atoms with Crippen LogP contribution in [-0.2, 0) is 6.54 Å². The maximum absolute atomic E-state index is 3.65. The van der Waals surface area contributed by atoms with Gasteiger partial charge < -0.3 is 5.32 Å². The van der Waals surface area contributed by atoms with E-state index in [-0.39, 0.29) is 0 Å². The van der Waals surface area contributed by atoms with Gasteiger partial charge in [-0.05, 0) is 54.2 Å². The molecule has 19 heavy (non-hydrogen) atoms. The van der Waals surface area contributed by atoms with Crippen LogP contribution in [0.1, 0.15) is 57.6 Å². The average Bonchev–Trinajstić information content (AvgIpc) is 3.18. The molecule has 1 N–H and O–H groups in total. The maximum Gasteiger partial charge on any atom is 0.0205 e. The molecule has 1 aliphatic carbocycles. The highest BCUT2D eigenvalue weighted by Crippen LogP contribution is 2.40. The first-order valence-corrected chi connectivity index (χ1v) is 7.87. The van der Waals surface area contributed by atoms with E-state index in [9.17, 15) is 0 Å². The lowest BCUT2D eigenvalue weighted by molar-refractivity contribution is 0.275. The number of nitrogens with one attached hydrogen (secondary N) is 1. The van der Waals surface area contributed by atoms with E-state index in [1.807, 2.05) is 0 Å². The van der Waals surface area contributed by atoms with Crippen molar-refractivity contribution in [2.24, 2.45) is 17.8 Å². The van der Waals surface area contributed by atoms with Crippen molar-refractivity contribution in [2.75, 3.05) is 6.54 Å². The summed E-state index contributed by atoms with van der Waals surface area (Å²) in [6.07, 6.45) is 2.78. The van der Waals surface area contributed by atoms with Crippen LogP contribution in [0.25, 0.3) is 0 Å². The number of hydrogen-bond acceptors (Lipinski definition) is 1. The number of hydrogen-bond donors (Lipinski definition) is 1. The molecule has 106 valence electrons. The third-order valence-corrected chi connectivity index (χ3v) is 4.42. The second kappa shape index (κ2) is 6.56. The molecule has 1 nitrogen and oxygen atoms in total. The molecule has 0 aliphatic heterocycles. The quantitative estimate of drug-likeness (QED) is 0.755. The highest BCUT2D eigenvalue weighted by Gasteiger charge is 2.23. The van der Waals surface area contributed by atoms with Crippen molar-refractivity contribution in [3.05, 3.63) is 35.4 Å². The van der Waals surface area contributed by atoms with Gasteiger partial charge in [0.1, 0.15) is 0 Å². The molecule has 1 fully saturated rings. The largest absolute Gasteiger partial charge is 0.312 e. The van der Waals surface area contributed by atoms with Crippen LogP contribution in [0.4, 0.5) is 0 Å². The highest BCUT2D eigenvalue weighted by molar-refractivity contribution is 5.29. The molecule has 1 aliphatic rings. The highest BCUT2D eigenvalue weighted by atomic mass is 14.9. The Morgan fingerprint density at radius 2 is 1.79 bits per heavy atom. The second-order valence-electron chi connectivity index (χ2n) is 6.80. The molecule has 1 heteroatoms. The molecule has 0 radical (unpaired) electrons. The second-order valence-corrected chi connectivity index (χ2v) is 6.80. The maximum atomic E-state index is 3.65. The molecule has 0 heterocycles. The topological polar surface area (TPSA) is 12.0 Å². The van der Waals surface area contributed by atoms with E-state index in [0.717, 1.165) is 36.8 Å². The molecule has 0 amide bonds. The van der Waals surface area contributed by atoms with Crippen molar-refractivity contribution in [3.8, 4) is 0 Å². The zero-order chi connectivity index (χ0) is 13.8. The Balaban J connectivity index is 1.83. The van der Waals surface area contributed by atoms with Gasteiger partial charge in [0.15, 0.2) is 0 Å². The minimum absolute atomic E-state index is 0.755. The summed E-state index contributed by atoms with van der Waals surface area (Å²) in [5.74, 6) is 3.14. The van der Waals surface area contributed by atoms with Crippen LogP contribution in [0.5, 0.6) is 0 Å². The zero-order valence-corrected chi connectivity index (χ0v) is 12.9. The van der Waals surface area contributed by atoms with Crippen LogP contribution in [0, 0.1) is 17.8 Å². The molecule has 1 aromatic rings. The lowest BCUT2D eigenvalue weighted by Gasteiger charge is -2.25. The fourth-order valence-electron chi connectivity index (χ4n) is 3.00. The van der Waals surface area contributed by atoms with E-state index in [1.165, 1.54) is 18.4 Å². The van der Waals surface area contributed by atoms with Gasteiger partial charge in [-0.1, -0.05) is 52.0 Å². The van der Waals surface area contributed by atoms with Crippen LogP contribution >= 0.6 is 0 Å². The first-order chi connectivity index (χ1) is 9.08. The summed E-state index contributed by atoms with van der Waals surface area (Å²) in [6, 6.07) is 9.14. The molecular weight excluding hydrogens is 230 g/mol. The minimum atomic E-state index is 0.755. The van der Waals surface area contributed by atoms with Crippen LogP contribution < -0.4 is 5.32 Å². The van der Waals surface area contributed by atoms with E-state index in [0.29, 0.717) is 0 Å². The molecule has 0 atom stereocenters. The van der Waals surface area contributed by atoms with Gasteiger partial charge in [-0.25, -0.2) is 0 Å². The molecular formula is C18H29N.